The first-order chi connectivity index (χ1) is 8.67. The van der Waals surface area contributed by atoms with E-state index in [9.17, 15) is 4.79 Å². The van der Waals surface area contributed by atoms with Gasteiger partial charge in [0.2, 0.25) is 17.1 Å². The van der Waals surface area contributed by atoms with E-state index in [-0.39, 0.29) is 23.2 Å². The van der Waals surface area contributed by atoms with E-state index in [0.717, 1.165) is 6.42 Å². The summed E-state index contributed by atoms with van der Waals surface area (Å²) in [6, 6.07) is 0.159. The molecule has 1 aromatic rings. The van der Waals surface area contributed by atoms with Gasteiger partial charge in [-0.25, -0.2) is 0 Å². The fraction of sp³-hybridized carbons (Fsp3) is 0.600. The first-order valence-electron chi connectivity index (χ1n) is 5.75. The quantitative estimate of drug-likeness (QED) is 0.816. The lowest BCUT2D eigenvalue weighted by Crippen LogP contribution is -2.23. The number of carbonyl (C=O) groups is 1. The van der Waals surface area contributed by atoms with Crippen molar-refractivity contribution >= 4 is 23.5 Å². The number of anilines is 1. The molecule has 1 atom stereocenters. The van der Waals surface area contributed by atoms with Crippen LogP contribution in [-0.4, -0.2) is 40.1 Å². The monoisotopic (exact) mass is 271 g/mol. The van der Waals surface area contributed by atoms with Crippen molar-refractivity contribution in [2.24, 2.45) is 0 Å². The Morgan fingerprint density at radius 1 is 1.50 bits per heavy atom. The highest BCUT2D eigenvalue weighted by Crippen LogP contribution is 2.14. The van der Waals surface area contributed by atoms with Gasteiger partial charge in [0.05, 0.1) is 12.6 Å². The molecule has 0 bridgehead atoms. The van der Waals surface area contributed by atoms with Crippen molar-refractivity contribution in [2.45, 2.75) is 25.8 Å². The van der Waals surface area contributed by atoms with E-state index in [0.29, 0.717) is 25.5 Å². The molecule has 0 aliphatic carbocycles. The number of rotatable bonds is 5. The molecule has 0 radical (unpaired) electrons. The summed E-state index contributed by atoms with van der Waals surface area (Å²) in [6.07, 6.45) is 1.25. The number of carbonyl (C=O) groups excluding carboxylic acids is 1. The Bertz CT molecular complexity index is 442. The van der Waals surface area contributed by atoms with Gasteiger partial charge in [-0.05, 0) is 18.0 Å². The fourth-order valence-electron chi connectivity index (χ4n) is 1.54. The van der Waals surface area contributed by atoms with Crippen molar-refractivity contribution in [3.05, 3.63) is 5.28 Å². The predicted molar refractivity (Wildman–Crippen MR) is 65.7 cm³/mol. The molecule has 1 aliphatic heterocycles. The molecule has 98 valence electrons. The largest absolute Gasteiger partial charge is 0.463 e. The van der Waals surface area contributed by atoms with Crippen LogP contribution in [0.5, 0.6) is 6.01 Å². The SMILES string of the molecule is CCCOc1nc(Cl)nc(NC2CNC(=O)C2)n1. The Morgan fingerprint density at radius 3 is 3.00 bits per heavy atom. The summed E-state index contributed by atoms with van der Waals surface area (Å²) < 4.78 is 5.29. The third kappa shape index (κ3) is 3.43. The molecule has 1 unspecified atom stereocenters. The summed E-state index contributed by atoms with van der Waals surface area (Å²) in [5.41, 5.74) is 0. The van der Waals surface area contributed by atoms with Gasteiger partial charge in [0.25, 0.3) is 0 Å². The first-order valence-corrected chi connectivity index (χ1v) is 6.12. The summed E-state index contributed by atoms with van der Waals surface area (Å²) in [7, 11) is 0. The van der Waals surface area contributed by atoms with Gasteiger partial charge in [0.15, 0.2) is 0 Å². The van der Waals surface area contributed by atoms with E-state index in [1.807, 2.05) is 6.92 Å². The highest BCUT2D eigenvalue weighted by atomic mass is 35.5. The molecule has 2 N–H and O–H groups in total. The third-order valence-electron chi connectivity index (χ3n) is 2.33. The van der Waals surface area contributed by atoms with Crippen molar-refractivity contribution in [3.63, 3.8) is 0 Å². The Hall–Kier alpha value is -1.63. The van der Waals surface area contributed by atoms with Crippen molar-refractivity contribution in [3.8, 4) is 6.01 Å². The highest BCUT2D eigenvalue weighted by molar-refractivity contribution is 6.28. The zero-order chi connectivity index (χ0) is 13.0. The second-order valence-electron chi connectivity index (χ2n) is 3.91. The molecule has 7 nitrogen and oxygen atoms in total. The number of hydrogen-bond acceptors (Lipinski definition) is 6. The second-order valence-corrected chi connectivity index (χ2v) is 4.25. The minimum Gasteiger partial charge on any atom is -0.463 e. The second kappa shape index (κ2) is 5.81. The molecule has 1 amide bonds. The molecule has 0 aromatic carbocycles. The van der Waals surface area contributed by atoms with Gasteiger partial charge in [-0.2, -0.15) is 15.0 Å². The number of nitrogens with one attached hydrogen (secondary N) is 2. The minimum absolute atomic E-state index is 0.00936. The molecule has 1 saturated heterocycles. The predicted octanol–water partition coefficient (Wildman–Crippen LogP) is 0.614. The van der Waals surface area contributed by atoms with Gasteiger partial charge in [0.1, 0.15) is 0 Å². The van der Waals surface area contributed by atoms with Crippen LogP contribution >= 0.6 is 11.6 Å². The van der Waals surface area contributed by atoms with Crippen LogP contribution in [0.4, 0.5) is 5.95 Å². The topological polar surface area (TPSA) is 89.0 Å². The Kier molecular flexibility index (Phi) is 4.14. The lowest BCUT2D eigenvalue weighted by Gasteiger charge is -2.11. The lowest BCUT2D eigenvalue weighted by atomic mass is 10.3. The number of nitrogens with zero attached hydrogens (tertiary/aromatic N) is 3. The van der Waals surface area contributed by atoms with Crippen LogP contribution in [0.1, 0.15) is 19.8 Å². The minimum atomic E-state index is -0.0324. The first kappa shape index (κ1) is 12.8. The summed E-state index contributed by atoms with van der Waals surface area (Å²) in [5.74, 6) is 0.331. The summed E-state index contributed by atoms with van der Waals surface area (Å²) in [6.45, 7) is 3.05. The molecular formula is C10H14ClN5O2. The average molecular weight is 272 g/mol. The van der Waals surface area contributed by atoms with Crippen LogP contribution in [0, 0.1) is 0 Å². The molecule has 8 heteroatoms. The van der Waals surface area contributed by atoms with E-state index in [2.05, 4.69) is 25.6 Å². The molecule has 0 spiro atoms. The van der Waals surface area contributed by atoms with Gasteiger partial charge in [-0.1, -0.05) is 6.92 Å². The Morgan fingerprint density at radius 2 is 2.33 bits per heavy atom. The molecule has 18 heavy (non-hydrogen) atoms. The molecule has 1 aliphatic rings. The molecule has 1 aromatic heterocycles. The van der Waals surface area contributed by atoms with Gasteiger partial charge >= 0.3 is 6.01 Å². The van der Waals surface area contributed by atoms with E-state index >= 15 is 0 Å². The standard InChI is InChI=1S/C10H14ClN5O2/c1-2-3-18-10-15-8(11)14-9(16-10)13-6-4-7(17)12-5-6/h6H,2-5H2,1H3,(H,12,17)(H,13,14,15,16). The molecule has 0 saturated carbocycles. The van der Waals surface area contributed by atoms with Crippen LogP contribution in [0.15, 0.2) is 0 Å². The maximum atomic E-state index is 11.1. The van der Waals surface area contributed by atoms with Gasteiger partial charge < -0.3 is 15.4 Å². The van der Waals surface area contributed by atoms with E-state index in [1.165, 1.54) is 0 Å². The van der Waals surface area contributed by atoms with E-state index in [4.69, 9.17) is 16.3 Å². The zero-order valence-electron chi connectivity index (χ0n) is 9.94. The van der Waals surface area contributed by atoms with Crippen molar-refractivity contribution in [1.29, 1.82) is 0 Å². The number of hydrogen-bond donors (Lipinski definition) is 2. The Balaban J connectivity index is 2.03. The van der Waals surface area contributed by atoms with Crippen molar-refractivity contribution in [2.75, 3.05) is 18.5 Å². The normalized spacial score (nSPS) is 18.6. The van der Waals surface area contributed by atoms with E-state index in [1.54, 1.807) is 0 Å². The summed E-state index contributed by atoms with van der Waals surface area (Å²) >= 11 is 5.78. The van der Waals surface area contributed by atoms with Crippen LogP contribution in [0.25, 0.3) is 0 Å². The van der Waals surface area contributed by atoms with Gasteiger partial charge in [0, 0.05) is 13.0 Å². The van der Waals surface area contributed by atoms with Crippen LogP contribution < -0.4 is 15.4 Å². The van der Waals surface area contributed by atoms with Crippen LogP contribution in [0.3, 0.4) is 0 Å². The summed E-state index contributed by atoms with van der Waals surface area (Å²) in [5, 5.41) is 5.80. The number of halogens is 1. The number of aromatic nitrogens is 3. The third-order valence-corrected chi connectivity index (χ3v) is 2.50. The lowest BCUT2D eigenvalue weighted by molar-refractivity contribution is -0.119. The Labute approximate surface area is 109 Å². The number of amides is 1. The van der Waals surface area contributed by atoms with Crippen molar-refractivity contribution < 1.29 is 9.53 Å². The van der Waals surface area contributed by atoms with E-state index < -0.39 is 0 Å². The maximum Gasteiger partial charge on any atom is 0.322 e. The van der Waals surface area contributed by atoms with Gasteiger partial charge in [-0.3, -0.25) is 4.79 Å². The molecule has 2 heterocycles. The van der Waals surface area contributed by atoms with Crippen molar-refractivity contribution in [1.82, 2.24) is 20.3 Å². The molecule has 1 fully saturated rings. The van der Waals surface area contributed by atoms with Crippen LogP contribution in [-0.2, 0) is 4.79 Å². The number of ether oxygens (including phenoxy) is 1. The van der Waals surface area contributed by atoms with Gasteiger partial charge in [-0.15, -0.1) is 0 Å². The average Bonchev–Trinajstić information content (AvgIpc) is 2.71. The maximum absolute atomic E-state index is 11.1. The van der Waals surface area contributed by atoms with Crippen LogP contribution in [0.2, 0.25) is 5.28 Å². The molecular weight excluding hydrogens is 258 g/mol. The smallest absolute Gasteiger partial charge is 0.322 e. The zero-order valence-corrected chi connectivity index (χ0v) is 10.7. The fourth-order valence-corrected chi connectivity index (χ4v) is 1.70. The highest BCUT2D eigenvalue weighted by Gasteiger charge is 2.22. The summed E-state index contributed by atoms with van der Waals surface area (Å²) in [4.78, 5) is 22.9. The molecule has 2 rings (SSSR count).